The third kappa shape index (κ3) is 3.21. The fourth-order valence-electron chi connectivity index (χ4n) is 2.57. The van der Waals surface area contributed by atoms with Crippen molar-refractivity contribution in [1.29, 1.82) is 0 Å². The number of anilines is 1. The molecule has 0 saturated heterocycles. The molecule has 0 amide bonds. The van der Waals surface area contributed by atoms with Crippen molar-refractivity contribution in [3.63, 3.8) is 0 Å². The zero-order valence-corrected chi connectivity index (χ0v) is 11.7. The van der Waals surface area contributed by atoms with E-state index in [1.54, 1.807) is 12.1 Å². The Morgan fingerprint density at radius 2 is 2.32 bits per heavy atom. The van der Waals surface area contributed by atoms with Crippen LogP contribution in [0.25, 0.3) is 0 Å². The van der Waals surface area contributed by atoms with Crippen LogP contribution in [-0.4, -0.2) is 28.1 Å². The monoisotopic (exact) mass is 283 g/mol. The summed E-state index contributed by atoms with van der Waals surface area (Å²) < 4.78 is 13.6. The van der Waals surface area contributed by atoms with Gasteiger partial charge in [0.2, 0.25) is 0 Å². The van der Waals surface area contributed by atoms with E-state index in [4.69, 9.17) is 5.11 Å². The van der Waals surface area contributed by atoms with Crippen LogP contribution in [-0.2, 0) is 0 Å². The molecule has 1 fully saturated rings. The maximum Gasteiger partial charge on any atom is 0.340 e. The van der Waals surface area contributed by atoms with Crippen LogP contribution >= 0.6 is 11.8 Å². The fraction of sp³-hybridized carbons (Fsp3) is 0.500. The number of thioether (sulfide) groups is 1. The van der Waals surface area contributed by atoms with E-state index in [1.807, 2.05) is 11.8 Å². The summed E-state index contributed by atoms with van der Waals surface area (Å²) in [6.45, 7) is 2.12. The molecule has 104 valence electrons. The average molecular weight is 283 g/mol. The number of nitrogens with one attached hydrogen (secondary N) is 1. The normalized spacial score (nSPS) is 22.4. The summed E-state index contributed by atoms with van der Waals surface area (Å²) in [6, 6.07) is 4.59. The highest BCUT2D eigenvalue weighted by atomic mass is 32.2. The van der Waals surface area contributed by atoms with E-state index in [1.165, 1.54) is 6.07 Å². The lowest BCUT2D eigenvalue weighted by molar-refractivity contribution is 0.0693. The first-order valence-electron chi connectivity index (χ1n) is 6.53. The van der Waals surface area contributed by atoms with E-state index < -0.39 is 11.8 Å². The standard InChI is InChI=1S/C14H18FNO2S/c1-2-19-12-8-4-6-10(12)16-11-7-3-5-9(15)13(11)14(17)18/h3,5,7,10,12,16H,2,4,6,8H2,1H3,(H,17,18). The smallest absolute Gasteiger partial charge is 0.340 e. The molecule has 2 atom stereocenters. The number of carboxylic acids is 1. The summed E-state index contributed by atoms with van der Waals surface area (Å²) in [5, 5.41) is 12.8. The highest BCUT2D eigenvalue weighted by molar-refractivity contribution is 7.99. The summed E-state index contributed by atoms with van der Waals surface area (Å²) >= 11 is 1.88. The molecule has 0 spiro atoms. The van der Waals surface area contributed by atoms with Gasteiger partial charge in [-0.1, -0.05) is 19.4 Å². The molecule has 5 heteroatoms. The Bertz CT molecular complexity index is 467. The number of halogens is 1. The Balaban J connectivity index is 2.19. The van der Waals surface area contributed by atoms with Crippen molar-refractivity contribution in [2.75, 3.05) is 11.1 Å². The Hall–Kier alpha value is -1.23. The minimum absolute atomic E-state index is 0.227. The van der Waals surface area contributed by atoms with Gasteiger partial charge in [-0.25, -0.2) is 9.18 Å². The van der Waals surface area contributed by atoms with Crippen LogP contribution in [0.2, 0.25) is 0 Å². The summed E-state index contributed by atoms with van der Waals surface area (Å²) in [7, 11) is 0. The van der Waals surface area contributed by atoms with Crippen molar-refractivity contribution in [3.8, 4) is 0 Å². The summed E-state index contributed by atoms with van der Waals surface area (Å²) in [6.07, 6.45) is 3.27. The first-order valence-corrected chi connectivity index (χ1v) is 7.58. The first-order chi connectivity index (χ1) is 9.13. The van der Waals surface area contributed by atoms with E-state index in [-0.39, 0.29) is 11.6 Å². The number of carbonyl (C=O) groups is 1. The van der Waals surface area contributed by atoms with Crippen LogP contribution in [0.4, 0.5) is 10.1 Å². The van der Waals surface area contributed by atoms with Gasteiger partial charge < -0.3 is 10.4 Å². The van der Waals surface area contributed by atoms with E-state index in [0.29, 0.717) is 10.9 Å². The lowest BCUT2D eigenvalue weighted by Crippen LogP contribution is -2.27. The molecular formula is C14H18FNO2S. The van der Waals surface area contributed by atoms with Gasteiger partial charge in [-0.05, 0) is 30.7 Å². The van der Waals surface area contributed by atoms with E-state index in [9.17, 15) is 9.18 Å². The molecule has 1 aromatic carbocycles. The maximum absolute atomic E-state index is 13.6. The average Bonchev–Trinajstić information content (AvgIpc) is 2.77. The van der Waals surface area contributed by atoms with E-state index in [0.717, 1.165) is 25.0 Å². The van der Waals surface area contributed by atoms with E-state index >= 15 is 0 Å². The van der Waals surface area contributed by atoms with Crippen LogP contribution in [0.15, 0.2) is 18.2 Å². The van der Waals surface area contributed by atoms with Gasteiger partial charge in [0.25, 0.3) is 0 Å². The molecule has 1 aromatic rings. The Morgan fingerprint density at radius 1 is 1.53 bits per heavy atom. The van der Waals surface area contributed by atoms with Crippen LogP contribution in [0.5, 0.6) is 0 Å². The van der Waals surface area contributed by atoms with Crippen LogP contribution in [0, 0.1) is 5.82 Å². The minimum Gasteiger partial charge on any atom is -0.478 e. The van der Waals surface area contributed by atoms with Gasteiger partial charge in [-0.15, -0.1) is 0 Å². The SMILES string of the molecule is CCSC1CCCC1Nc1cccc(F)c1C(=O)O. The molecule has 1 aliphatic carbocycles. The van der Waals surface area contributed by atoms with Crippen molar-refractivity contribution in [2.45, 2.75) is 37.5 Å². The molecule has 0 radical (unpaired) electrons. The predicted molar refractivity (Wildman–Crippen MR) is 76.5 cm³/mol. The molecule has 3 nitrogen and oxygen atoms in total. The van der Waals surface area contributed by atoms with Crippen molar-refractivity contribution in [3.05, 3.63) is 29.6 Å². The molecule has 0 aromatic heterocycles. The number of rotatable bonds is 5. The second kappa shape index (κ2) is 6.28. The lowest BCUT2D eigenvalue weighted by Gasteiger charge is -2.22. The largest absolute Gasteiger partial charge is 0.478 e. The van der Waals surface area contributed by atoms with Crippen molar-refractivity contribution in [2.24, 2.45) is 0 Å². The summed E-state index contributed by atoms with van der Waals surface area (Å²) in [4.78, 5) is 11.1. The number of aromatic carboxylic acids is 1. The zero-order valence-electron chi connectivity index (χ0n) is 10.9. The molecular weight excluding hydrogens is 265 g/mol. The van der Waals surface area contributed by atoms with Crippen LogP contribution in [0.1, 0.15) is 36.5 Å². The van der Waals surface area contributed by atoms with Gasteiger partial charge in [0.15, 0.2) is 0 Å². The molecule has 0 aliphatic heterocycles. The molecule has 0 bridgehead atoms. The number of hydrogen-bond acceptors (Lipinski definition) is 3. The van der Waals surface area contributed by atoms with E-state index in [2.05, 4.69) is 12.2 Å². The predicted octanol–water partition coefficient (Wildman–Crippen LogP) is 3.61. The van der Waals surface area contributed by atoms with Gasteiger partial charge >= 0.3 is 5.97 Å². The van der Waals surface area contributed by atoms with Gasteiger partial charge in [0, 0.05) is 11.3 Å². The van der Waals surface area contributed by atoms with Crippen LogP contribution in [0.3, 0.4) is 0 Å². The number of benzene rings is 1. The molecule has 2 rings (SSSR count). The number of carboxylic acid groups (broad SMARTS) is 1. The van der Waals surface area contributed by atoms with Gasteiger partial charge in [0.05, 0.1) is 5.69 Å². The third-order valence-corrected chi connectivity index (χ3v) is 4.73. The maximum atomic E-state index is 13.6. The molecule has 1 saturated carbocycles. The fourth-order valence-corrected chi connectivity index (χ4v) is 3.76. The third-order valence-electron chi connectivity index (χ3n) is 3.40. The molecule has 2 unspecified atom stereocenters. The van der Waals surface area contributed by atoms with Crippen LogP contribution < -0.4 is 5.32 Å². The Labute approximate surface area is 116 Å². The summed E-state index contributed by atoms with van der Waals surface area (Å²) in [5.41, 5.74) is 0.135. The van der Waals surface area contributed by atoms with Gasteiger partial charge in [-0.2, -0.15) is 11.8 Å². The van der Waals surface area contributed by atoms with Crippen molar-refractivity contribution in [1.82, 2.24) is 0 Å². The van der Waals surface area contributed by atoms with Crippen molar-refractivity contribution < 1.29 is 14.3 Å². The minimum atomic E-state index is -1.22. The van der Waals surface area contributed by atoms with Crippen molar-refractivity contribution >= 4 is 23.4 Å². The van der Waals surface area contributed by atoms with Gasteiger partial charge in [0.1, 0.15) is 11.4 Å². The highest BCUT2D eigenvalue weighted by Crippen LogP contribution is 2.33. The molecule has 2 N–H and O–H groups in total. The second-order valence-electron chi connectivity index (χ2n) is 4.64. The molecule has 19 heavy (non-hydrogen) atoms. The Kier molecular flexibility index (Phi) is 4.69. The highest BCUT2D eigenvalue weighted by Gasteiger charge is 2.28. The first kappa shape index (κ1) is 14.2. The topological polar surface area (TPSA) is 49.3 Å². The molecule has 1 aliphatic rings. The lowest BCUT2D eigenvalue weighted by atomic mass is 10.1. The Morgan fingerprint density at radius 3 is 3.00 bits per heavy atom. The molecule has 0 heterocycles. The number of hydrogen-bond donors (Lipinski definition) is 2. The zero-order chi connectivity index (χ0) is 13.8. The second-order valence-corrected chi connectivity index (χ2v) is 6.16. The summed E-state index contributed by atoms with van der Waals surface area (Å²) in [5.74, 6) is -0.869. The quantitative estimate of drug-likeness (QED) is 0.866. The van der Waals surface area contributed by atoms with Gasteiger partial charge in [-0.3, -0.25) is 0 Å².